The highest BCUT2D eigenvalue weighted by molar-refractivity contribution is 5.83. The first kappa shape index (κ1) is 14.3. The number of phenols is 1. The van der Waals surface area contributed by atoms with Gasteiger partial charge < -0.3 is 15.6 Å². The highest BCUT2D eigenvalue weighted by Crippen LogP contribution is 2.36. The van der Waals surface area contributed by atoms with Crippen molar-refractivity contribution >= 4 is 17.9 Å². The van der Waals surface area contributed by atoms with Crippen molar-refractivity contribution in [2.75, 3.05) is 12.8 Å². The number of methoxy groups -OCH3 is 1. The Balaban J connectivity index is 2.42. The van der Waals surface area contributed by atoms with E-state index >= 15 is 0 Å². The molecular weight excluding hydrogens is 278 g/mol. The van der Waals surface area contributed by atoms with E-state index in [0.717, 1.165) is 0 Å². The first-order valence-electron chi connectivity index (χ1n) is 5.83. The second-order valence-electron chi connectivity index (χ2n) is 4.18. The van der Waals surface area contributed by atoms with E-state index in [9.17, 15) is 15.2 Å². The third-order valence-electron chi connectivity index (χ3n) is 2.66. The fraction of sp³-hybridized carbons (Fsp3) is 0.167. The zero-order valence-corrected chi connectivity index (χ0v) is 11.3. The molecule has 9 nitrogen and oxygen atoms in total. The molecule has 9 heteroatoms. The SMILES string of the molecule is COc1cc(C=Nn2cc(C)nc2N)cc([N+](=O)[O-])c1O. The number of nitro groups is 1. The van der Waals surface area contributed by atoms with Gasteiger partial charge in [0.1, 0.15) is 0 Å². The van der Waals surface area contributed by atoms with Crippen molar-refractivity contribution in [3.63, 3.8) is 0 Å². The summed E-state index contributed by atoms with van der Waals surface area (Å²) in [5.74, 6) is -0.345. The number of nitrogens with zero attached hydrogens (tertiary/aromatic N) is 4. The lowest BCUT2D eigenvalue weighted by molar-refractivity contribution is -0.386. The molecule has 110 valence electrons. The van der Waals surface area contributed by atoms with E-state index in [4.69, 9.17) is 10.5 Å². The first-order valence-corrected chi connectivity index (χ1v) is 5.83. The van der Waals surface area contributed by atoms with Gasteiger partial charge in [-0.1, -0.05) is 0 Å². The molecule has 0 atom stereocenters. The van der Waals surface area contributed by atoms with Crippen molar-refractivity contribution in [2.45, 2.75) is 6.92 Å². The van der Waals surface area contributed by atoms with Crippen molar-refractivity contribution in [2.24, 2.45) is 5.10 Å². The van der Waals surface area contributed by atoms with Gasteiger partial charge >= 0.3 is 5.69 Å². The monoisotopic (exact) mass is 291 g/mol. The first-order chi connectivity index (χ1) is 9.92. The van der Waals surface area contributed by atoms with Gasteiger partial charge in [-0.3, -0.25) is 10.1 Å². The molecular formula is C12H13N5O4. The fourth-order valence-corrected chi connectivity index (χ4v) is 1.71. The molecule has 2 rings (SSSR count). The number of imidazole rings is 1. The Morgan fingerprint density at radius 2 is 2.29 bits per heavy atom. The minimum absolute atomic E-state index is 0.0135. The van der Waals surface area contributed by atoms with Crippen LogP contribution in [0.3, 0.4) is 0 Å². The number of aromatic nitrogens is 2. The summed E-state index contributed by atoms with van der Waals surface area (Å²) >= 11 is 0. The topological polar surface area (TPSA) is 129 Å². The summed E-state index contributed by atoms with van der Waals surface area (Å²) < 4.78 is 6.23. The van der Waals surface area contributed by atoms with Gasteiger partial charge in [-0.05, 0) is 13.0 Å². The number of rotatable bonds is 4. The molecule has 0 spiro atoms. The summed E-state index contributed by atoms with van der Waals surface area (Å²) in [6.07, 6.45) is 2.96. The van der Waals surface area contributed by atoms with Crippen LogP contribution >= 0.6 is 0 Å². The van der Waals surface area contributed by atoms with E-state index in [1.807, 2.05) is 0 Å². The van der Waals surface area contributed by atoms with Crippen LogP contribution in [0, 0.1) is 17.0 Å². The molecule has 0 fully saturated rings. The maximum Gasteiger partial charge on any atom is 0.315 e. The van der Waals surface area contributed by atoms with Crippen LogP contribution in [0.2, 0.25) is 0 Å². The molecule has 0 bridgehead atoms. The zero-order chi connectivity index (χ0) is 15.6. The zero-order valence-electron chi connectivity index (χ0n) is 11.3. The minimum Gasteiger partial charge on any atom is -0.500 e. The summed E-state index contributed by atoms with van der Waals surface area (Å²) in [4.78, 5) is 14.2. The highest BCUT2D eigenvalue weighted by atomic mass is 16.6. The molecule has 21 heavy (non-hydrogen) atoms. The molecule has 0 amide bonds. The predicted octanol–water partition coefficient (Wildman–Crippen LogP) is 1.28. The van der Waals surface area contributed by atoms with Crippen LogP contribution in [-0.4, -0.2) is 33.0 Å². The van der Waals surface area contributed by atoms with Crippen molar-refractivity contribution in [3.05, 3.63) is 39.7 Å². The van der Waals surface area contributed by atoms with Crippen molar-refractivity contribution in [1.82, 2.24) is 9.66 Å². The predicted molar refractivity (Wildman–Crippen MR) is 75.7 cm³/mol. The molecule has 2 aromatic rings. The standard InChI is InChI=1S/C12H13N5O4/c1-7-6-16(12(13)15-7)14-5-8-3-9(17(19)20)11(18)10(4-8)21-2/h3-6,18H,1-2H3,(H2,13,15). The van der Waals surface area contributed by atoms with Crippen molar-refractivity contribution in [1.29, 1.82) is 0 Å². The summed E-state index contributed by atoms with van der Waals surface area (Å²) in [5, 5.41) is 24.6. The van der Waals surface area contributed by atoms with Crippen LogP contribution in [0.15, 0.2) is 23.4 Å². The summed E-state index contributed by atoms with van der Waals surface area (Å²) in [5.41, 5.74) is 6.23. The van der Waals surface area contributed by atoms with Crippen molar-refractivity contribution in [3.8, 4) is 11.5 Å². The molecule has 0 aliphatic heterocycles. The number of anilines is 1. The number of ether oxygens (including phenoxy) is 1. The molecule has 1 heterocycles. The van der Waals surface area contributed by atoms with Gasteiger partial charge in [0, 0.05) is 11.6 Å². The average molecular weight is 291 g/mol. The third-order valence-corrected chi connectivity index (χ3v) is 2.66. The van der Waals surface area contributed by atoms with Gasteiger partial charge in [0.2, 0.25) is 11.7 Å². The van der Waals surface area contributed by atoms with E-state index < -0.39 is 16.4 Å². The second-order valence-corrected chi connectivity index (χ2v) is 4.18. The number of nitrogen functional groups attached to an aromatic ring is 1. The molecule has 0 aliphatic carbocycles. The molecule has 0 aliphatic rings. The quantitative estimate of drug-likeness (QED) is 0.496. The highest BCUT2D eigenvalue weighted by Gasteiger charge is 2.19. The molecule has 0 saturated carbocycles. The van der Waals surface area contributed by atoms with Crippen LogP contribution in [0.4, 0.5) is 11.6 Å². The molecule has 1 aromatic heterocycles. The van der Waals surface area contributed by atoms with E-state index in [-0.39, 0.29) is 11.7 Å². The van der Waals surface area contributed by atoms with Gasteiger partial charge in [-0.25, -0.2) is 9.66 Å². The van der Waals surface area contributed by atoms with Gasteiger partial charge in [0.05, 0.1) is 30.1 Å². The Labute approximate surface area is 119 Å². The maximum atomic E-state index is 10.9. The van der Waals surface area contributed by atoms with E-state index in [0.29, 0.717) is 11.3 Å². The Morgan fingerprint density at radius 1 is 1.57 bits per heavy atom. The van der Waals surface area contributed by atoms with E-state index in [1.54, 1.807) is 13.1 Å². The third kappa shape index (κ3) is 2.91. The molecule has 0 saturated heterocycles. The fourth-order valence-electron chi connectivity index (χ4n) is 1.71. The van der Waals surface area contributed by atoms with Crippen molar-refractivity contribution < 1.29 is 14.8 Å². The van der Waals surface area contributed by atoms with Crippen LogP contribution in [0.1, 0.15) is 11.3 Å². The Kier molecular flexibility index (Phi) is 3.74. The molecule has 1 aromatic carbocycles. The minimum atomic E-state index is -0.703. The Morgan fingerprint density at radius 3 is 2.81 bits per heavy atom. The number of nitro benzene ring substituents is 1. The number of hydrogen-bond acceptors (Lipinski definition) is 7. The van der Waals surface area contributed by atoms with E-state index in [2.05, 4.69) is 10.1 Å². The lowest BCUT2D eigenvalue weighted by Gasteiger charge is -2.05. The summed E-state index contributed by atoms with van der Waals surface area (Å²) in [6, 6.07) is 2.60. The van der Waals surface area contributed by atoms with Crippen LogP contribution in [0.25, 0.3) is 0 Å². The lowest BCUT2D eigenvalue weighted by Crippen LogP contribution is -1.98. The summed E-state index contributed by atoms with van der Waals surface area (Å²) in [6.45, 7) is 1.76. The maximum absolute atomic E-state index is 10.9. The van der Waals surface area contributed by atoms with Gasteiger partial charge in [0.15, 0.2) is 5.75 Å². The van der Waals surface area contributed by atoms with Crippen LogP contribution in [-0.2, 0) is 0 Å². The van der Waals surface area contributed by atoms with Gasteiger partial charge in [-0.2, -0.15) is 5.10 Å². The lowest BCUT2D eigenvalue weighted by atomic mass is 10.2. The Bertz CT molecular complexity index is 723. The average Bonchev–Trinajstić information content (AvgIpc) is 2.75. The molecule has 0 unspecified atom stereocenters. The molecule has 3 N–H and O–H groups in total. The number of hydrogen-bond donors (Lipinski definition) is 2. The number of aryl methyl sites for hydroxylation is 1. The largest absolute Gasteiger partial charge is 0.500 e. The van der Waals surface area contributed by atoms with Gasteiger partial charge in [-0.15, -0.1) is 0 Å². The smallest absolute Gasteiger partial charge is 0.315 e. The van der Waals surface area contributed by atoms with Gasteiger partial charge in [0.25, 0.3) is 0 Å². The number of benzene rings is 1. The summed E-state index contributed by atoms with van der Waals surface area (Å²) in [7, 11) is 1.30. The Hall–Kier alpha value is -3.10. The number of aromatic hydroxyl groups is 1. The van der Waals surface area contributed by atoms with Crippen LogP contribution < -0.4 is 10.5 Å². The van der Waals surface area contributed by atoms with Crippen LogP contribution in [0.5, 0.6) is 11.5 Å². The molecule has 0 radical (unpaired) electrons. The second kappa shape index (κ2) is 5.49. The normalized spacial score (nSPS) is 11.0. The number of nitrogens with two attached hydrogens (primary N) is 1. The number of phenolic OH excluding ortho intramolecular Hbond substituents is 1. The van der Waals surface area contributed by atoms with E-state index in [1.165, 1.54) is 30.1 Å².